The average molecular weight is 676 g/mol. The Morgan fingerprint density at radius 2 is 1.00 bits per heavy atom. The highest BCUT2D eigenvalue weighted by Gasteiger charge is 2.14. The van der Waals surface area contributed by atoms with Gasteiger partial charge in [-0.05, 0) is 91.3 Å². The SMILES string of the molecule is CN(C)CCCC(=O)OC1CCCCCCCC(=O)OC/C=C\CCCCCCCCCCCC/C=C\COC(=O)CCCCCCC1. The van der Waals surface area contributed by atoms with Crippen LogP contribution in [0.5, 0.6) is 0 Å². The summed E-state index contributed by atoms with van der Waals surface area (Å²) in [6.07, 6.45) is 37.5. The van der Waals surface area contributed by atoms with E-state index in [1.165, 1.54) is 64.2 Å². The largest absolute Gasteiger partial charge is 0.462 e. The lowest BCUT2D eigenvalue weighted by molar-refractivity contribution is -0.150. The maximum Gasteiger partial charge on any atom is 0.306 e. The Hall–Kier alpha value is -2.15. The van der Waals surface area contributed by atoms with Crippen LogP contribution in [0.15, 0.2) is 24.3 Å². The first kappa shape index (κ1) is 43.9. The van der Waals surface area contributed by atoms with Crippen LogP contribution >= 0.6 is 0 Å². The lowest BCUT2D eigenvalue weighted by Crippen LogP contribution is -2.20. The van der Waals surface area contributed by atoms with Gasteiger partial charge < -0.3 is 19.1 Å². The number of ether oxygens (including phenoxy) is 3. The fraction of sp³-hybridized carbons (Fsp3) is 0.829. The zero-order chi connectivity index (χ0) is 34.8. The molecule has 0 saturated heterocycles. The topological polar surface area (TPSA) is 82.1 Å². The van der Waals surface area contributed by atoms with E-state index in [1.54, 1.807) is 0 Å². The van der Waals surface area contributed by atoms with Crippen molar-refractivity contribution in [2.75, 3.05) is 33.9 Å². The molecule has 0 bridgehead atoms. The summed E-state index contributed by atoms with van der Waals surface area (Å²) in [6, 6.07) is 0. The Bertz CT molecular complexity index is 785. The van der Waals surface area contributed by atoms with Gasteiger partial charge in [0.25, 0.3) is 0 Å². The average Bonchev–Trinajstić information content (AvgIpc) is 3.05. The number of carbonyl (C=O) groups excluding carboxylic acids is 3. The molecule has 278 valence electrons. The maximum atomic E-state index is 12.5. The van der Waals surface area contributed by atoms with Crippen LogP contribution in [-0.2, 0) is 28.6 Å². The fourth-order valence-electron chi connectivity index (χ4n) is 6.13. The first-order valence-electron chi connectivity index (χ1n) is 19.9. The van der Waals surface area contributed by atoms with Crippen LogP contribution in [0.3, 0.4) is 0 Å². The van der Waals surface area contributed by atoms with E-state index in [2.05, 4.69) is 17.1 Å². The second-order valence-corrected chi connectivity index (χ2v) is 14.1. The highest BCUT2D eigenvalue weighted by Crippen LogP contribution is 2.18. The summed E-state index contributed by atoms with van der Waals surface area (Å²) in [7, 11) is 4.04. The standard InChI is InChI=1S/C41H73NO6/c1-42(2)35-29-34-41(45)48-38-30-23-17-15-19-25-32-39(43)46-36-27-21-13-11-9-7-5-3-4-6-8-10-12-14-22-28-37-47-40(44)33-26-20-16-18-24-31-38/h21-22,27-28,38H,3-20,23-26,29-37H2,1-2H3/b27-21-,28-22-. The number of esters is 3. The first-order valence-corrected chi connectivity index (χ1v) is 19.9. The fourth-order valence-corrected chi connectivity index (χ4v) is 6.13. The van der Waals surface area contributed by atoms with E-state index >= 15 is 0 Å². The molecule has 0 unspecified atom stereocenters. The van der Waals surface area contributed by atoms with Crippen molar-refractivity contribution in [2.45, 2.75) is 186 Å². The third-order valence-electron chi connectivity index (χ3n) is 9.10. The molecule has 1 aliphatic rings. The van der Waals surface area contributed by atoms with Gasteiger partial charge in [0.15, 0.2) is 0 Å². The van der Waals surface area contributed by atoms with E-state index in [4.69, 9.17) is 14.2 Å². The van der Waals surface area contributed by atoms with Gasteiger partial charge in [-0.3, -0.25) is 14.4 Å². The zero-order valence-electron chi connectivity index (χ0n) is 31.2. The normalized spacial score (nSPS) is 22.1. The van der Waals surface area contributed by atoms with Gasteiger partial charge >= 0.3 is 17.9 Å². The molecular formula is C41H73NO6. The Morgan fingerprint density at radius 1 is 0.604 bits per heavy atom. The van der Waals surface area contributed by atoms with Gasteiger partial charge in [0.1, 0.15) is 19.3 Å². The molecule has 0 fully saturated rings. The Kier molecular flexibility index (Phi) is 30.5. The molecule has 48 heavy (non-hydrogen) atoms. The number of nitrogens with zero attached hydrogens (tertiary/aromatic N) is 1. The minimum atomic E-state index is -0.101. The molecule has 0 aromatic rings. The third kappa shape index (κ3) is 31.1. The van der Waals surface area contributed by atoms with Crippen LogP contribution in [0.2, 0.25) is 0 Å². The number of cyclic esters (lactones) is 2. The number of hydrogen-bond donors (Lipinski definition) is 0. The molecule has 0 aliphatic carbocycles. The number of hydrogen-bond acceptors (Lipinski definition) is 7. The monoisotopic (exact) mass is 676 g/mol. The highest BCUT2D eigenvalue weighted by molar-refractivity contribution is 5.70. The second kappa shape index (κ2) is 33.4. The van der Waals surface area contributed by atoms with Crippen LogP contribution in [0.1, 0.15) is 180 Å². The van der Waals surface area contributed by atoms with Gasteiger partial charge in [-0.1, -0.05) is 114 Å². The molecule has 1 heterocycles. The Labute approximate surface area is 295 Å². The number of carbonyl (C=O) groups is 3. The minimum absolute atomic E-state index is 0.0239. The first-order chi connectivity index (χ1) is 23.5. The number of rotatable bonds is 5. The molecule has 0 amide bonds. The molecule has 1 aliphatic heterocycles. The van der Waals surface area contributed by atoms with Crippen molar-refractivity contribution < 1.29 is 28.6 Å². The molecule has 0 N–H and O–H groups in total. The van der Waals surface area contributed by atoms with E-state index in [0.29, 0.717) is 32.5 Å². The van der Waals surface area contributed by atoms with Gasteiger partial charge in [-0.2, -0.15) is 0 Å². The Morgan fingerprint density at radius 3 is 1.44 bits per heavy atom. The molecule has 7 heteroatoms. The quantitative estimate of drug-likeness (QED) is 0.163. The van der Waals surface area contributed by atoms with Crippen LogP contribution in [0.25, 0.3) is 0 Å². The van der Waals surface area contributed by atoms with Crippen LogP contribution in [0.4, 0.5) is 0 Å². The van der Waals surface area contributed by atoms with Crippen LogP contribution < -0.4 is 0 Å². The molecule has 0 spiro atoms. The molecule has 0 radical (unpaired) electrons. The summed E-state index contributed by atoms with van der Waals surface area (Å²) in [6.45, 7) is 1.66. The maximum absolute atomic E-state index is 12.5. The van der Waals surface area contributed by atoms with Crippen molar-refractivity contribution in [1.82, 2.24) is 4.90 Å². The zero-order valence-corrected chi connectivity index (χ0v) is 31.2. The van der Waals surface area contributed by atoms with Gasteiger partial charge in [0, 0.05) is 19.3 Å². The molecule has 0 atom stereocenters. The van der Waals surface area contributed by atoms with Crippen molar-refractivity contribution in [3.8, 4) is 0 Å². The summed E-state index contributed by atoms with van der Waals surface area (Å²) < 4.78 is 16.7. The van der Waals surface area contributed by atoms with E-state index < -0.39 is 0 Å². The van der Waals surface area contributed by atoms with Crippen LogP contribution in [0, 0.1) is 0 Å². The Balaban J connectivity index is 2.43. The van der Waals surface area contributed by atoms with Crippen molar-refractivity contribution >= 4 is 17.9 Å². The summed E-state index contributed by atoms with van der Waals surface area (Å²) in [5.41, 5.74) is 0. The van der Waals surface area contributed by atoms with E-state index in [9.17, 15) is 14.4 Å². The summed E-state index contributed by atoms with van der Waals surface area (Å²) in [5.74, 6) is -0.285. The highest BCUT2D eigenvalue weighted by atomic mass is 16.5. The lowest BCUT2D eigenvalue weighted by Gasteiger charge is -2.18. The summed E-state index contributed by atoms with van der Waals surface area (Å²) in [5, 5.41) is 0. The predicted octanol–water partition coefficient (Wildman–Crippen LogP) is 10.6. The smallest absolute Gasteiger partial charge is 0.306 e. The van der Waals surface area contributed by atoms with Gasteiger partial charge in [-0.25, -0.2) is 0 Å². The van der Waals surface area contributed by atoms with Crippen LogP contribution in [-0.4, -0.2) is 62.8 Å². The molecule has 1 rings (SSSR count). The summed E-state index contributed by atoms with van der Waals surface area (Å²) in [4.78, 5) is 38.8. The third-order valence-corrected chi connectivity index (χ3v) is 9.10. The predicted molar refractivity (Wildman–Crippen MR) is 198 cm³/mol. The molecular weight excluding hydrogens is 602 g/mol. The van der Waals surface area contributed by atoms with Gasteiger partial charge in [0.05, 0.1) is 0 Å². The van der Waals surface area contributed by atoms with Crippen molar-refractivity contribution in [2.24, 2.45) is 0 Å². The minimum Gasteiger partial charge on any atom is -0.462 e. The molecule has 0 saturated carbocycles. The molecule has 7 nitrogen and oxygen atoms in total. The van der Waals surface area contributed by atoms with Gasteiger partial charge in [0.2, 0.25) is 0 Å². The molecule has 0 aromatic heterocycles. The van der Waals surface area contributed by atoms with Crippen molar-refractivity contribution in [3.05, 3.63) is 24.3 Å². The van der Waals surface area contributed by atoms with Gasteiger partial charge in [-0.15, -0.1) is 0 Å². The van der Waals surface area contributed by atoms with E-state index in [1.807, 2.05) is 26.2 Å². The lowest BCUT2D eigenvalue weighted by atomic mass is 10.0. The second-order valence-electron chi connectivity index (χ2n) is 14.1. The van der Waals surface area contributed by atoms with Crippen molar-refractivity contribution in [1.29, 1.82) is 0 Å². The number of allylic oxidation sites excluding steroid dienone is 2. The van der Waals surface area contributed by atoms with E-state index in [0.717, 1.165) is 103 Å². The van der Waals surface area contributed by atoms with E-state index in [-0.39, 0.29) is 24.0 Å². The molecule has 0 aromatic carbocycles. The van der Waals surface area contributed by atoms with Crippen molar-refractivity contribution in [3.63, 3.8) is 0 Å². The summed E-state index contributed by atoms with van der Waals surface area (Å²) >= 11 is 0.